The first-order chi connectivity index (χ1) is 7.52. The van der Waals surface area contributed by atoms with Crippen molar-refractivity contribution in [3.05, 3.63) is 0 Å². The Morgan fingerprint density at radius 2 is 1.94 bits per heavy atom. The lowest BCUT2D eigenvalue weighted by Gasteiger charge is -2.38. The first-order valence-electron chi connectivity index (χ1n) is 6.69. The van der Waals surface area contributed by atoms with Gasteiger partial charge in [-0.15, -0.1) is 0 Å². The molecule has 16 heavy (non-hydrogen) atoms. The van der Waals surface area contributed by atoms with E-state index in [1.807, 2.05) is 6.92 Å². The Morgan fingerprint density at radius 1 is 1.25 bits per heavy atom. The lowest BCUT2D eigenvalue weighted by molar-refractivity contribution is 0.0431. The molecular weight excluding hydrogens is 200 g/mol. The van der Waals surface area contributed by atoms with Crippen LogP contribution in [0.2, 0.25) is 0 Å². The van der Waals surface area contributed by atoms with Gasteiger partial charge in [-0.1, -0.05) is 6.42 Å². The SMILES string of the molecule is CC(O)C(C)N(CC1CCCCN1)C(C)C. The molecule has 1 aliphatic heterocycles. The molecule has 1 aliphatic rings. The molecule has 2 N–H and O–H groups in total. The van der Waals surface area contributed by atoms with Crippen molar-refractivity contribution in [2.24, 2.45) is 0 Å². The van der Waals surface area contributed by atoms with Gasteiger partial charge in [-0.05, 0) is 47.1 Å². The molecule has 96 valence electrons. The van der Waals surface area contributed by atoms with Crippen molar-refractivity contribution in [1.82, 2.24) is 10.2 Å². The molecule has 0 aliphatic carbocycles. The van der Waals surface area contributed by atoms with E-state index >= 15 is 0 Å². The van der Waals surface area contributed by atoms with Crippen LogP contribution in [0.3, 0.4) is 0 Å². The van der Waals surface area contributed by atoms with Gasteiger partial charge in [0.2, 0.25) is 0 Å². The number of nitrogens with zero attached hydrogens (tertiary/aromatic N) is 1. The van der Waals surface area contributed by atoms with E-state index in [4.69, 9.17) is 0 Å². The standard InChI is InChI=1S/C13H28N2O/c1-10(2)15(11(3)12(4)16)9-13-7-5-6-8-14-13/h10-14,16H,5-9H2,1-4H3. The van der Waals surface area contributed by atoms with Crippen LogP contribution in [0.4, 0.5) is 0 Å². The average molecular weight is 228 g/mol. The molecule has 1 saturated heterocycles. The second-order valence-corrected chi connectivity index (χ2v) is 5.42. The zero-order chi connectivity index (χ0) is 12.1. The number of aliphatic hydroxyl groups excluding tert-OH is 1. The van der Waals surface area contributed by atoms with Gasteiger partial charge in [-0.2, -0.15) is 0 Å². The van der Waals surface area contributed by atoms with E-state index in [1.54, 1.807) is 0 Å². The largest absolute Gasteiger partial charge is 0.392 e. The molecule has 0 amide bonds. The minimum Gasteiger partial charge on any atom is -0.392 e. The number of rotatable bonds is 5. The van der Waals surface area contributed by atoms with Crippen molar-refractivity contribution in [3.8, 4) is 0 Å². The third-order valence-corrected chi connectivity index (χ3v) is 3.73. The molecule has 0 aromatic heterocycles. The molecule has 3 nitrogen and oxygen atoms in total. The van der Waals surface area contributed by atoms with Crippen LogP contribution in [-0.4, -0.2) is 47.3 Å². The molecule has 0 bridgehead atoms. The molecule has 3 unspecified atom stereocenters. The Hall–Kier alpha value is -0.120. The number of hydrogen-bond acceptors (Lipinski definition) is 3. The maximum atomic E-state index is 9.71. The van der Waals surface area contributed by atoms with Crippen molar-refractivity contribution in [1.29, 1.82) is 0 Å². The van der Waals surface area contributed by atoms with E-state index < -0.39 is 0 Å². The van der Waals surface area contributed by atoms with Gasteiger partial charge < -0.3 is 10.4 Å². The summed E-state index contributed by atoms with van der Waals surface area (Å²) in [4.78, 5) is 2.41. The summed E-state index contributed by atoms with van der Waals surface area (Å²) in [5.41, 5.74) is 0. The Bertz CT molecular complexity index is 188. The van der Waals surface area contributed by atoms with Crippen molar-refractivity contribution in [2.45, 2.75) is 71.2 Å². The summed E-state index contributed by atoms with van der Waals surface area (Å²) in [7, 11) is 0. The highest BCUT2D eigenvalue weighted by Crippen LogP contribution is 2.14. The maximum Gasteiger partial charge on any atom is 0.0664 e. The molecule has 0 saturated carbocycles. The first-order valence-corrected chi connectivity index (χ1v) is 6.69. The van der Waals surface area contributed by atoms with E-state index in [0.717, 1.165) is 13.1 Å². The summed E-state index contributed by atoms with van der Waals surface area (Å²) in [6, 6.07) is 1.34. The van der Waals surface area contributed by atoms with Crippen molar-refractivity contribution in [2.75, 3.05) is 13.1 Å². The van der Waals surface area contributed by atoms with Crippen molar-refractivity contribution in [3.63, 3.8) is 0 Å². The van der Waals surface area contributed by atoms with Crippen molar-refractivity contribution >= 4 is 0 Å². The quantitative estimate of drug-likeness (QED) is 0.750. The van der Waals surface area contributed by atoms with Crippen LogP contribution in [0, 0.1) is 0 Å². The van der Waals surface area contributed by atoms with Gasteiger partial charge in [-0.3, -0.25) is 4.90 Å². The minimum atomic E-state index is -0.258. The van der Waals surface area contributed by atoms with Crippen LogP contribution in [-0.2, 0) is 0 Å². The molecule has 3 heteroatoms. The second-order valence-electron chi connectivity index (χ2n) is 5.42. The smallest absolute Gasteiger partial charge is 0.0664 e. The summed E-state index contributed by atoms with van der Waals surface area (Å²) in [5.74, 6) is 0. The van der Waals surface area contributed by atoms with E-state index in [1.165, 1.54) is 19.3 Å². The fourth-order valence-corrected chi connectivity index (χ4v) is 2.46. The molecule has 1 heterocycles. The molecule has 1 fully saturated rings. The van der Waals surface area contributed by atoms with Gasteiger partial charge in [-0.25, -0.2) is 0 Å². The maximum absolute atomic E-state index is 9.71. The topological polar surface area (TPSA) is 35.5 Å². The van der Waals surface area contributed by atoms with E-state index in [9.17, 15) is 5.11 Å². The Balaban J connectivity index is 2.49. The minimum absolute atomic E-state index is 0.240. The summed E-state index contributed by atoms with van der Waals surface area (Å²) in [6.07, 6.45) is 3.66. The zero-order valence-corrected chi connectivity index (χ0v) is 11.2. The zero-order valence-electron chi connectivity index (χ0n) is 11.2. The average Bonchev–Trinajstić information content (AvgIpc) is 2.26. The Labute approximate surface area is 100 Å². The van der Waals surface area contributed by atoms with Gasteiger partial charge in [0.15, 0.2) is 0 Å². The summed E-state index contributed by atoms with van der Waals surface area (Å²) in [5, 5.41) is 13.3. The fourth-order valence-electron chi connectivity index (χ4n) is 2.46. The van der Waals surface area contributed by atoms with Crippen LogP contribution in [0.5, 0.6) is 0 Å². The van der Waals surface area contributed by atoms with E-state index in [-0.39, 0.29) is 12.1 Å². The molecule has 0 spiro atoms. The fraction of sp³-hybridized carbons (Fsp3) is 1.00. The Kier molecular flexibility index (Phi) is 5.73. The van der Waals surface area contributed by atoms with Crippen LogP contribution in [0.25, 0.3) is 0 Å². The number of hydrogen-bond donors (Lipinski definition) is 2. The van der Waals surface area contributed by atoms with Gasteiger partial charge in [0.25, 0.3) is 0 Å². The molecule has 0 aromatic rings. The summed E-state index contributed by atoms with van der Waals surface area (Å²) < 4.78 is 0. The van der Waals surface area contributed by atoms with Gasteiger partial charge in [0.05, 0.1) is 6.10 Å². The normalized spacial score (nSPS) is 26.1. The van der Waals surface area contributed by atoms with E-state index in [0.29, 0.717) is 12.1 Å². The number of nitrogens with one attached hydrogen (secondary N) is 1. The van der Waals surface area contributed by atoms with Crippen LogP contribution in [0.1, 0.15) is 47.0 Å². The highest BCUT2D eigenvalue weighted by molar-refractivity contribution is 4.82. The highest BCUT2D eigenvalue weighted by atomic mass is 16.3. The highest BCUT2D eigenvalue weighted by Gasteiger charge is 2.24. The molecular formula is C13H28N2O. The monoisotopic (exact) mass is 228 g/mol. The van der Waals surface area contributed by atoms with Gasteiger partial charge in [0.1, 0.15) is 0 Å². The predicted molar refractivity (Wildman–Crippen MR) is 68.6 cm³/mol. The molecule has 0 aromatic carbocycles. The van der Waals surface area contributed by atoms with Crippen LogP contribution >= 0.6 is 0 Å². The van der Waals surface area contributed by atoms with Crippen LogP contribution in [0.15, 0.2) is 0 Å². The second kappa shape index (κ2) is 6.58. The summed E-state index contributed by atoms with van der Waals surface area (Å²) >= 11 is 0. The molecule has 0 radical (unpaired) electrons. The molecule has 1 rings (SSSR count). The number of aliphatic hydroxyl groups is 1. The number of piperidine rings is 1. The van der Waals surface area contributed by atoms with Crippen LogP contribution < -0.4 is 5.32 Å². The van der Waals surface area contributed by atoms with Crippen molar-refractivity contribution < 1.29 is 5.11 Å². The lowest BCUT2D eigenvalue weighted by atomic mass is 10.0. The summed E-state index contributed by atoms with van der Waals surface area (Å²) in [6.45, 7) is 10.6. The first kappa shape index (κ1) is 13.9. The third-order valence-electron chi connectivity index (χ3n) is 3.73. The molecule has 3 atom stereocenters. The third kappa shape index (κ3) is 4.04. The Morgan fingerprint density at radius 3 is 2.38 bits per heavy atom. The van der Waals surface area contributed by atoms with Gasteiger partial charge >= 0.3 is 0 Å². The van der Waals surface area contributed by atoms with E-state index in [2.05, 4.69) is 31.0 Å². The lowest BCUT2D eigenvalue weighted by Crippen LogP contribution is -2.51. The predicted octanol–water partition coefficient (Wildman–Crippen LogP) is 1.61. The van der Waals surface area contributed by atoms with Gasteiger partial charge in [0, 0.05) is 24.7 Å².